The monoisotopic (exact) mass is 369 g/mol. The molecule has 0 spiro atoms. The normalized spacial score (nSPS) is 10.2. The van der Waals surface area contributed by atoms with Crippen LogP contribution in [0.2, 0.25) is 5.02 Å². The molecule has 0 amide bonds. The Hall–Kier alpha value is -1.72. The lowest BCUT2D eigenvalue weighted by atomic mass is 10.1. The van der Waals surface area contributed by atoms with Crippen LogP contribution in [-0.4, -0.2) is 18.2 Å². The highest BCUT2D eigenvalue weighted by Crippen LogP contribution is 2.28. The molecule has 0 aliphatic heterocycles. The average Bonchev–Trinajstić information content (AvgIpc) is 2.47. The van der Waals surface area contributed by atoms with Gasteiger partial charge in [-0.1, -0.05) is 27.5 Å². The number of nitrogens with one attached hydrogen (secondary N) is 1. The lowest BCUT2D eigenvalue weighted by Crippen LogP contribution is -2.04. The molecule has 110 valence electrons. The van der Waals surface area contributed by atoms with Crippen molar-refractivity contribution in [3.05, 3.63) is 57.0 Å². The number of carboxylic acid groups (broad SMARTS) is 1. The zero-order valence-corrected chi connectivity index (χ0v) is 13.5. The van der Waals surface area contributed by atoms with Crippen LogP contribution in [0.1, 0.15) is 15.9 Å². The topological polar surface area (TPSA) is 58.6 Å². The third-order valence-electron chi connectivity index (χ3n) is 2.92. The van der Waals surface area contributed by atoms with Crippen LogP contribution < -0.4 is 10.1 Å². The van der Waals surface area contributed by atoms with Gasteiger partial charge in [-0.2, -0.15) is 0 Å². The molecule has 0 atom stereocenters. The number of methoxy groups -OCH3 is 1. The molecular weight excluding hydrogens is 358 g/mol. The van der Waals surface area contributed by atoms with Crippen molar-refractivity contribution in [2.24, 2.45) is 0 Å². The van der Waals surface area contributed by atoms with Crippen LogP contribution in [0.3, 0.4) is 0 Å². The van der Waals surface area contributed by atoms with Crippen LogP contribution in [0, 0.1) is 0 Å². The first-order chi connectivity index (χ1) is 10.0. The van der Waals surface area contributed by atoms with Gasteiger partial charge in [-0.25, -0.2) is 4.79 Å². The van der Waals surface area contributed by atoms with Crippen LogP contribution in [-0.2, 0) is 6.54 Å². The molecule has 2 N–H and O–H groups in total. The van der Waals surface area contributed by atoms with Crippen molar-refractivity contribution in [1.29, 1.82) is 0 Å². The maximum Gasteiger partial charge on any atom is 0.335 e. The summed E-state index contributed by atoms with van der Waals surface area (Å²) in [6.07, 6.45) is 0. The molecule has 6 heteroatoms. The van der Waals surface area contributed by atoms with E-state index in [4.69, 9.17) is 21.4 Å². The number of hydrogen-bond acceptors (Lipinski definition) is 3. The zero-order chi connectivity index (χ0) is 15.4. The van der Waals surface area contributed by atoms with Gasteiger partial charge in [0, 0.05) is 16.0 Å². The molecule has 4 nitrogen and oxygen atoms in total. The second-order valence-electron chi connectivity index (χ2n) is 4.31. The van der Waals surface area contributed by atoms with Gasteiger partial charge in [0.25, 0.3) is 0 Å². The average molecular weight is 371 g/mol. The standard InChI is InChI=1S/C15H13BrClNO3/c1-21-14-5-2-9(15(19)20)7-13(14)18-8-10-6-11(17)3-4-12(10)16/h2-7,18H,8H2,1H3,(H,19,20). The molecule has 0 bridgehead atoms. The SMILES string of the molecule is COc1ccc(C(=O)O)cc1NCc1cc(Cl)ccc1Br. The van der Waals surface area contributed by atoms with Gasteiger partial charge in [0.1, 0.15) is 5.75 Å². The summed E-state index contributed by atoms with van der Waals surface area (Å²) in [5, 5.41) is 12.9. The van der Waals surface area contributed by atoms with Gasteiger partial charge in [-0.3, -0.25) is 0 Å². The Morgan fingerprint density at radius 2 is 2.10 bits per heavy atom. The van der Waals surface area contributed by atoms with E-state index in [1.165, 1.54) is 13.2 Å². The predicted molar refractivity (Wildman–Crippen MR) is 86.4 cm³/mol. The highest BCUT2D eigenvalue weighted by atomic mass is 79.9. The van der Waals surface area contributed by atoms with Crippen molar-refractivity contribution < 1.29 is 14.6 Å². The second-order valence-corrected chi connectivity index (χ2v) is 5.60. The fourth-order valence-corrected chi connectivity index (χ4v) is 2.43. The minimum Gasteiger partial charge on any atom is -0.495 e. The first-order valence-electron chi connectivity index (χ1n) is 6.10. The molecule has 0 unspecified atom stereocenters. The summed E-state index contributed by atoms with van der Waals surface area (Å²) < 4.78 is 6.15. The molecule has 0 heterocycles. The Balaban J connectivity index is 2.24. The molecule has 0 fully saturated rings. The van der Waals surface area contributed by atoms with E-state index in [1.807, 2.05) is 12.1 Å². The van der Waals surface area contributed by atoms with Gasteiger partial charge in [0.15, 0.2) is 0 Å². The van der Waals surface area contributed by atoms with Crippen LogP contribution in [0.5, 0.6) is 5.75 Å². The second kappa shape index (κ2) is 6.83. The smallest absolute Gasteiger partial charge is 0.335 e. The highest BCUT2D eigenvalue weighted by molar-refractivity contribution is 9.10. The van der Waals surface area contributed by atoms with Crippen molar-refractivity contribution in [3.8, 4) is 5.75 Å². The van der Waals surface area contributed by atoms with Crippen LogP contribution in [0.25, 0.3) is 0 Å². The fraction of sp³-hybridized carbons (Fsp3) is 0.133. The van der Waals surface area contributed by atoms with Gasteiger partial charge in [-0.05, 0) is 42.0 Å². The molecule has 0 aliphatic carbocycles. The van der Waals surface area contributed by atoms with Crippen LogP contribution in [0.4, 0.5) is 5.69 Å². The molecule has 0 saturated heterocycles. The zero-order valence-electron chi connectivity index (χ0n) is 11.2. The molecule has 0 radical (unpaired) electrons. The minimum absolute atomic E-state index is 0.198. The number of hydrogen-bond donors (Lipinski definition) is 2. The van der Waals surface area contributed by atoms with Gasteiger partial charge < -0.3 is 15.2 Å². The summed E-state index contributed by atoms with van der Waals surface area (Å²) in [6, 6.07) is 10.2. The third kappa shape index (κ3) is 3.89. The van der Waals surface area contributed by atoms with E-state index in [0.29, 0.717) is 23.0 Å². The third-order valence-corrected chi connectivity index (χ3v) is 3.93. The molecule has 0 aliphatic rings. The summed E-state index contributed by atoms with van der Waals surface area (Å²) in [7, 11) is 1.54. The molecule has 21 heavy (non-hydrogen) atoms. The van der Waals surface area contributed by atoms with Crippen molar-refractivity contribution >= 4 is 39.2 Å². The summed E-state index contributed by atoms with van der Waals surface area (Å²) >= 11 is 9.43. The number of benzene rings is 2. The van der Waals surface area contributed by atoms with Gasteiger partial charge in [0.05, 0.1) is 18.4 Å². The number of rotatable bonds is 5. The first kappa shape index (κ1) is 15.7. The van der Waals surface area contributed by atoms with Crippen molar-refractivity contribution in [2.75, 3.05) is 12.4 Å². The molecule has 2 rings (SSSR count). The fourth-order valence-electron chi connectivity index (χ4n) is 1.85. The van der Waals surface area contributed by atoms with E-state index in [0.717, 1.165) is 10.0 Å². The van der Waals surface area contributed by atoms with E-state index >= 15 is 0 Å². The van der Waals surface area contributed by atoms with Gasteiger partial charge in [0.2, 0.25) is 0 Å². The van der Waals surface area contributed by atoms with Crippen LogP contribution >= 0.6 is 27.5 Å². The lowest BCUT2D eigenvalue weighted by Gasteiger charge is -2.13. The molecule has 2 aromatic rings. The number of carboxylic acids is 1. The molecule has 0 saturated carbocycles. The number of halogens is 2. The summed E-state index contributed by atoms with van der Waals surface area (Å²) in [4.78, 5) is 11.0. The summed E-state index contributed by atoms with van der Waals surface area (Å²) in [5.41, 5.74) is 1.78. The van der Waals surface area contributed by atoms with E-state index < -0.39 is 5.97 Å². The minimum atomic E-state index is -0.982. The quantitative estimate of drug-likeness (QED) is 0.818. The van der Waals surface area contributed by atoms with Crippen molar-refractivity contribution in [2.45, 2.75) is 6.54 Å². The Bertz CT molecular complexity index is 676. The van der Waals surface area contributed by atoms with Crippen molar-refractivity contribution in [1.82, 2.24) is 0 Å². The Labute approximate surface area is 135 Å². The molecule has 0 aromatic heterocycles. The maximum atomic E-state index is 11.0. The number of anilines is 1. The van der Waals surface area contributed by atoms with E-state index in [1.54, 1.807) is 18.2 Å². The Kier molecular flexibility index (Phi) is 5.09. The lowest BCUT2D eigenvalue weighted by molar-refractivity contribution is 0.0697. The van der Waals surface area contributed by atoms with E-state index in [9.17, 15) is 4.79 Å². The van der Waals surface area contributed by atoms with Gasteiger partial charge in [-0.15, -0.1) is 0 Å². The van der Waals surface area contributed by atoms with Gasteiger partial charge >= 0.3 is 5.97 Å². The predicted octanol–water partition coefficient (Wildman–Crippen LogP) is 4.42. The van der Waals surface area contributed by atoms with Crippen LogP contribution in [0.15, 0.2) is 40.9 Å². The number of ether oxygens (including phenoxy) is 1. The summed E-state index contributed by atoms with van der Waals surface area (Å²) in [5.74, 6) is -0.400. The summed E-state index contributed by atoms with van der Waals surface area (Å²) in [6.45, 7) is 0.487. The number of carbonyl (C=O) groups is 1. The highest BCUT2D eigenvalue weighted by Gasteiger charge is 2.09. The number of aromatic carboxylic acids is 1. The molecular formula is C15H13BrClNO3. The maximum absolute atomic E-state index is 11.0. The Morgan fingerprint density at radius 3 is 2.76 bits per heavy atom. The van der Waals surface area contributed by atoms with E-state index in [2.05, 4.69) is 21.2 Å². The van der Waals surface area contributed by atoms with Crippen molar-refractivity contribution in [3.63, 3.8) is 0 Å². The largest absolute Gasteiger partial charge is 0.495 e. The molecule has 2 aromatic carbocycles. The first-order valence-corrected chi connectivity index (χ1v) is 7.27. The van der Waals surface area contributed by atoms with E-state index in [-0.39, 0.29) is 5.56 Å². The Morgan fingerprint density at radius 1 is 1.33 bits per heavy atom.